The number of carbonyl (C=O) groups is 3. The molecule has 0 radical (unpaired) electrons. The van der Waals surface area contributed by atoms with Crippen molar-refractivity contribution in [2.75, 3.05) is 18.8 Å². The predicted octanol–water partition coefficient (Wildman–Crippen LogP) is 2.43. The van der Waals surface area contributed by atoms with E-state index in [1.54, 1.807) is 54.7 Å². The van der Waals surface area contributed by atoms with E-state index in [0.717, 1.165) is 13.0 Å². The zero-order valence-electron chi connectivity index (χ0n) is 21.1. The lowest BCUT2D eigenvalue weighted by atomic mass is 9.97. The number of phenols is 1. The van der Waals surface area contributed by atoms with Gasteiger partial charge >= 0.3 is 0 Å². The number of carbonyl (C=O) groups excluding carboxylic acids is 3. The van der Waals surface area contributed by atoms with Crippen molar-refractivity contribution in [3.63, 3.8) is 0 Å². The molecule has 39 heavy (non-hydrogen) atoms. The second-order valence-corrected chi connectivity index (χ2v) is 9.41. The third kappa shape index (κ3) is 5.70. The van der Waals surface area contributed by atoms with Crippen LogP contribution in [0.1, 0.15) is 49.5 Å². The monoisotopic (exact) mass is 524 g/mol. The van der Waals surface area contributed by atoms with Gasteiger partial charge in [-0.05, 0) is 61.9 Å². The molecular formula is C29H28N6O4. The number of hydrogen-bond acceptors (Lipinski definition) is 8. The van der Waals surface area contributed by atoms with Crippen LogP contribution >= 0.6 is 0 Å². The van der Waals surface area contributed by atoms with Crippen molar-refractivity contribution in [3.05, 3.63) is 95.3 Å². The Balaban J connectivity index is 1.30. The van der Waals surface area contributed by atoms with E-state index < -0.39 is 0 Å². The van der Waals surface area contributed by atoms with Gasteiger partial charge in [0.15, 0.2) is 5.78 Å². The minimum atomic E-state index is -0.368. The Labute approximate surface area is 224 Å². The SMILES string of the molecule is Nc1cc(C(=O)N[C@@H]2CNCCC[C@H]2NC(=O)c2ccc(C(=O)c3c(O)ccc4ncccc34)cc2)ccn1. The van der Waals surface area contributed by atoms with Crippen LogP contribution in [0.25, 0.3) is 10.9 Å². The van der Waals surface area contributed by atoms with Gasteiger partial charge in [0.25, 0.3) is 11.8 Å². The molecule has 1 saturated heterocycles. The average molecular weight is 525 g/mol. The number of pyridine rings is 2. The number of nitrogens with one attached hydrogen (secondary N) is 3. The minimum absolute atomic E-state index is 0.133. The molecule has 2 aromatic carbocycles. The lowest BCUT2D eigenvalue weighted by molar-refractivity contribution is 0.0882. The van der Waals surface area contributed by atoms with E-state index in [9.17, 15) is 19.5 Å². The molecule has 2 atom stereocenters. The second-order valence-electron chi connectivity index (χ2n) is 9.41. The molecule has 1 aliphatic heterocycles. The van der Waals surface area contributed by atoms with Crippen molar-refractivity contribution < 1.29 is 19.5 Å². The first-order chi connectivity index (χ1) is 18.9. The molecule has 6 N–H and O–H groups in total. The number of rotatable bonds is 6. The highest BCUT2D eigenvalue weighted by Gasteiger charge is 2.27. The van der Waals surface area contributed by atoms with Gasteiger partial charge in [0.2, 0.25) is 0 Å². The van der Waals surface area contributed by atoms with Gasteiger partial charge in [-0.15, -0.1) is 0 Å². The van der Waals surface area contributed by atoms with Crippen LogP contribution in [-0.2, 0) is 0 Å². The van der Waals surface area contributed by atoms with Crippen molar-refractivity contribution in [3.8, 4) is 5.75 Å². The zero-order chi connectivity index (χ0) is 27.4. The molecule has 0 spiro atoms. The van der Waals surface area contributed by atoms with E-state index in [2.05, 4.69) is 25.9 Å². The van der Waals surface area contributed by atoms with E-state index in [4.69, 9.17) is 5.73 Å². The number of benzene rings is 2. The summed E-state index contributed by atoms with van der Waals surface area (Å²) in [7, 11) is 0. The van der Waals surface area contributed by atoms with Crippen LogP contribution in [-0.4, -0.2) is 57.8 Å². The normalized spacial score (nSPS) is 17.2. The first-order valence-electron chi connectivity index (χ1n) is 12.7. The minimum Gasteiger partial charge on any atom is -0.507 e. The fraction of sp³-hybridized carbons (Fsp3) is 0.207. The second kappa shape index (κ2) is 11.3. The van der Waals surface area contributed by atoms with Crippen LogP contribution in [0.15, 0.2) is 73.1 Å². The number of nitrogens with zero attached hydrogens (tertiary/aromatic N) is 2. The molecule has 0 bridgehead atoms. The first kappa shape index (κ1) is 25.8. The molecule has 0 aliphatic carbocycles. The molecular weight excluding hydrogens is 496 g/mol. The van der Waals surface area contributed by atoms with Crippen molar-refractivity contribution in [1.29, 1.82) is 0 Å². The maximum absolute atomic E-state index is 13.3. The van der Waals surface area contributed by atoms with E-state index in [0.29, 0.717) is 40.6 Å². The number of ketones is 1. The molecule has 2 aromatic heterocycles. The summed E-state index contributed by atoms with van der Waals surface area (Å²) in [6, 6.07) is 15.3. The van der Waals surface area contributed by atoms with Crippen LogP contribution in [0.4, 0.5) is 5.82 Å². The van der Waals surface area contributed by atoms with Crippen LogP contribution in [0, 0.1) is 0 Å². The number of aromatic hydroxyl groups is 1. The fourth-order valence-corrected chi connectivity index (χ4v) is 4.76. The van der Waals surface area contributed by atoms with Gasteiger partial charge in [-0.1, -0.05) is 18.2 Å². The van der Waals surface area contributed by atoms with Gasteiger partial charge < -0.3 is 26.8 Å². The summed E-state index contributed by atoms with van der Waals surface area (Å²) in [5.41, 5.74) is 7.57. The maximum Gasteiger partial charge on any atom is 0.251 e. The van der Waals surface area contributed by atoms with Crippen molar-refractivity contribution >= 4 is 34.3 Å². The molecule has 1 aliphatic rings. The zero-order valence-corrected chi connectivity index (χ0v) is 21.1. The number of nitrogens with two attached hydrogens (primary N) is 1. The van der Waals surface area contributed by atoms with Crippen LogP contribution in [0.3, 0.4) is 0 Å². The smallest absolute Gasteiger partial charge is 0.251 e. The van der Waals surface area contributed by atoms with Crippen LogP contribution in [0.5, 0.6) is 5.75 Å². The fourth-order valence-electron chi connectivity index (χ4n) is 4.76. The molecule has 3 heterocycles. The number of phenolic OH excluding ortho intramolecular Hbond substituents is 1. The maximum atomic E-state index is 13.3. The lowest BCUT2D eigenvalue weighted by Crippen LogP contribution is -2.54. The summed E-state index contributed by atoms with van der Waals surface area (Å²) in [4.78, 5) is 47.4. The van der Waals surface area contributed by atoms with Crippen molar-refractivity contribution in [2.24, 2.45) is 0 Å². The summed E-state index contributed by atoms with van der Waals surface area (Å²) >= 11 is 0. The van der Waals surface area contributed by atoms with E-state index in [-0.39, 0.29) is 46.8 Å². The molecule has 0 saturated carbocycles. The Hall–Kier alpha value is -4.83. The Morgan fingerprint density at radius 3 is 2.41 bits per heavy atom. The molecule has 198 valence electrons. The number of fused-ring (bicyclic) bond motifs is 1. The number of hydrogen-bond donors (Lipinski definition) is 5. The summed E-state index contributed by atoms with van der Waals surface area (Å²) < 4.78 is 0. The summed E-state index contributed by atoms with van der Waals surface area (Å²) in [5.74, 6) is -0.864. The first-order valence-corrected chi connectivity index (χ1v) is 12.7. The molecule has 4 aromatic rings. The van der Waals surface area contributed by atoms with E-state index in [1.807, 2.05) is 0 Å². The highest BCUT2D eigenvalue weighted by molar-refractivity contribution is 6.18. The van der Waals surface area contributed by atoms with Gasteiger partial charge in [-0.25, -0.2) is 4.98 Å². The molecule has 10 heteroatoms. The lowest BCUT2D eigenvalue weighted by Gasteiger charge is -2.27. The van der Waals surface area contributed by atoms with Crippen molar-refractivity contribution in [2.45, 2.75) is 24.9 Å². The molecule has 0 unspecified atom stereocenters. The highest BCUT2D eigenvalue weighted by atomic mass is 16.3. The highest BCUT2D eigenvalue weighted by Crippen LogP contribution is 2.28. The van der Waals surface area contributed by atoms with Gasteiger partial charge in [0, 0.05) is 41.0 Å². The quantitative estimate of drug-likeness (QED) is 0.241. The standard InChI is InChI=1S/C29H28N6O4/c30-25-15-19(11-14-33-25)29(39)35-23-16-31-12-2-4-22(23)34-28(38)18-7-5-17(6-8-18)27(37)26-20-3-1-13-32-21(20)9-10-24(26)36/h1,3,5-11,13-15,22-23,31,36H,2,4,12,16H2,(H2,30,33)(H,34,38)(H,35,39)/t22-,23-/m1/s1. The number of nitrogen functional groups attached to an aromatic ring is 1. The van der Waals surface area contributed by atoms with Gasteiger partial charge in [-0.2, -0.15) is 0 Å². The molecule has 5 rings (SSSR count). The van der Waals surface area contributed by atoms with Gasteiger partial charge in [0.05, 0.1) is 23.2 Å². The Morgan fingerprint density at radius 2 is 1.62 bits per heavy atom. The third-order valence-corrected chi connectivity index (χ3v) is 6.79. The largest absolute Gasteiger partial charge is 0.507 e. The molecule has 2 amide bonds. The Bertz CT molecular complexity index is 1540. The average Bonchev–Trinajstić information content (AvgIpc) is 3.17. The Morgan fingerprint density at radius 1 is 0.872 bits per heavy atom. The van der Waals surface area contributed by atoms with Gasteiger partial charge in [0.1, 0.15) is 11.6 Å². The Kier molecular flexibility index (Phi) is 7.46. The molecule has 1 fully saturated rings. The number of aromatic nitrogens is 2. The summed E-state index contributed by atoms with van der Waals surface area (Å²) in [6.07, 6.45) is 4.60. The van der Waals surface area contributed by atoms with Crippen molar-refractivity contribution in [1.82, 2.24) is 25.9 Å². The summed E-state index contributed by atoms with van der Waals surface area (Å²) in [5, 5.41) is 20.3. The van der Waals surface area contributed by atoms with E-state index >= 15 is 0 Å². The van der Waals surface area contributed by atoms with Crippen LogP contribution < -0.4 is 21.7 Å². The predicted molar refractivity (Wildman–Crippen MR) is 147 cm³/mol. The number of anilines is 1. The van der Waals surface area contributed by atoms with Crippen LogP contribution in [0.2, 0.25) is 0 Å². The van der Waals surface area contributed by atoms with E-state index in [1.165, 1.54) is 18.3 Å². The molecule has 10 nitrogen and oxygen atoms in total. The summed E-state index contributed by atoms with van der Waals surface area (Å²) in [6.45, 7) is 1.27. The van der Waals surface area contributed by atoms with Gasteiger partial charge in [-0.3, -0.25) is 19.4 Å². The number of amides is 2. The third-order valence-electron chi connectivity index (χ3n) is 6.79. The topological polar surface area (TPSA) is 159 Å².